The van der Waals surface area contributed by atoms with Crippen molar-refractivity contribution in [1.82, 2.24) is 0 Å². The van der Waals surface area contributed by atoms with Crippen molar-refractivity contribution in [2.45, 2.75) is 66.2 Å². The molecule has 1 heterocycles. The van der Waals surface area contributed by atoms with Gasteiger partial charge in [-0.1, -0.05) is 39.3 Å². The van der Waals surface area contributed by atoms with Crippen LogP contribution in [0.25, 0.3) is 0 Å². The third-order valence-electron chi connectivity index (χ3n) is 7.66. The highest BCUT2D eigenvalue weighted by Crippen LogP contribution is 2.64. The number of fused-ring (bicyclic) bond motifs is 1. The standard InChI is InChI=1S/C22H34O4/c1-14(17(13-25-15(2)23)16-11-20(24)26-12-16)18-7-8-19-21(3,4)9-6-10-22(18,19)5/h16-19H,1,6-13H2,2-5H3/t16-,17+,18-,19+,22-/m1/s1. The fraction of sp³-hybridized carbons (Fsp3) is 0.818. The second-order valence-corrected chi connectivity index (χ2v) is 9.66. The summed E-state index contributed by atoms with van der Waals surface area (Å²) in [7, 11) is 0. The third-order valence-corrected chi connectivity index (χ3v) is 7.66. The van der Waals surface area contributed by atoms with E-state index in [0.29, 0.717) is 36.9 Å². The van der Waals surface area contributed by atoms with E-state index in [0.717, 1.165) is 6.42 Å². The number of ether oxygens (including phenoxy) is 2. The molecule has 1 saturated heterocycles. The van der Waals surface area contributed by atoms with Crippen molar-refractivity contribution in [2.75, 3.05) is 13.2 Å². The first kappa shape index (κ1) is 19.4. The lowest BCUT2D eigenvalue weighted by Gasteiger charge is -2.50. The summed E-state index contributed by atoms with van der Waals surface area (Å²) in [4.78, 5) is 23.1. The van der Waals surface area contributed by atoms with Crippen molar-refractivity contribution in [3.05, 3.63) is 12.2 Å². The van der Waals surface area contributed by atoms with E-state index in [2.05, 4.69) is 27.4 Å². The number of cyclic esters (lactones) is 1. The van der Waals surface area contributed by atoms with Crippen LogP contribution in [0, 0.1) is 34.5 Å². The molecule has 0 bridgehead atoms. The molecule has 0 spiro atoms. The van der Waals surface area contributed by atoms with Crippen LogP contribution in [0.3, 0.4) is 0 Å². The monoisotopic (exact) mass is 362 g/mol. The van der Waals surface area contributed by atoms with Gasteiger partial charge in [-0.15, -0.1) is 0 Å². The fourth-order valence-corrected chi connectivity index (χ4v) is 6.38. The van der Waals surface area contributed by atoms with Crippen LogP contribution in [-0.4, -0.2) is 25.2 Å². The molecule has 26 heavy (non-hydrogen) atoms. The van der Waals surface area contributed by atoms with E-state index in [1.807, 2.05) is 0 Å². The Kier molecular flexibility index (Phi) is 5.24. The Morgan fingerprint density at radius 1 is 1.31 bits per heavy atom. The summed E-state index contributed by atoms with van der Waals surface area (Å²) >= 11 is 0. The first-order valence-electron chi connectivity index (χ1n) is 10.1. The second-order valence-electron chi connectivity index (χ2n) is 9.66. The zero-order chi connectivity index (χ0) is 19.1. The zero-order valence-corrected chi connectivity index (χ0v) is 16.8. The summed E-state index contributed by atoms with van der Waals surface area (Å²) in [6.07, 6.45) is 6.61. The third kappa shape index (κ3) is 3.44. The Morgan fingerprint density at radius 2 is 2.04 bits per heavy atom. The van der Waals surface area contributed by atoms with Crippen LogP contribution in [0.5, 0.6) is 0 Å². The highest BCUT2D eigenvalue weighted by Gasteiger charge is 2.55. The van der Waals surface area contributed by atoms with E-state index >= 15 is 0 Å². The van der Waals surface area contributed by atoms with Gasteiger partial charge < -0.3 is 9.47 Å². The number of carbonyl (C=O) groups is 2. The van der Waals surface area contributed by atoms with Crippen molar-refractivity contribution < 1.29 is 19.1 Å². The van der Waals surface area contributed by atoms with Crippen molar-refractivity contribution in [2.24, 2.45) is 34.5 Å². The van der Waals surface area contributed by atoms with E-state index < -0.39 is 0 Å². The van der Waals surface area contributed by atoms with Gasteiger partial charge in [0.15, 0.2) is 0 Å². The minimum absolute atomic E-state index is 0.0102. The molecule has 0 amide bonds. The Bertz CT molecular complexity index is 593. The average molecular weight is 363 g/mol. The van der Waals surface area contributed by atoms with Gasteiger partial charge in [0.05, 0.1) is 19.6 Å². The molecule has 0 unspecified atom stereocenters. The van der Waals surface area contributed by atoms with E-state index in [1.54, 1.807) is 0 Å². The largest absolute Gasteiger partial charge is 0.465 e. The zero-order valence-electron chi connectivity index (χ0n) is 16.8. The molecule has 0 aromatic rings. The first-order valence-corrected chi connectivity index (χ1v) is 10.1. The van der Waals surface area contributed by atoms with Crippen LogP contribution in [0.4, 0.5) is 0 Å². The van der Waals surface area contributed by atoms with Crippen molar-refractivity contribution >= 4 is 11.9 Å². The van der Waals surface area contributed by atoms with Gasteiger partial charge in [0.2, 0.25) is 0 Å². The van der Waals surface area contributed by atoms with Crippen molar-refractivity contribution in [3.8, 4) is 0 Å². The SMILES string of the molecule is C=C([C@H]1CC[C@H]2C(C)(C)CCC[C@]12C)[C@H](COC(C)=O)[C@H]1COC(=O)C1. The normalized spacial score (nSPS) is 36.9. The summed E-state index contributed by atoms with van der Waals surface area (Å²) < 4.78 is 10.6. The first-order chi connectivity index (χ1) is 12.1. The molecule has 3 rings (SSSR count). The van der Waals surface area contributed by atoms with Crippen LogP contribution in [0.2, 0.25) is 0 Å². The van der Waals surface area contributed by atoms with Gasteiger partial charge in [-0.05, 0) is 48.3 Å². The Morgan fingerprint density at radius 3 is 2.65 bits per heavy atom. The number of hydrogen-bond acceptors (Lipinski definition) is 4. The molecular weight excluding hydrogens is 328 g/mol. The molecule has 2 aliphatic carbocycles. The predicted molar refractivity (Wildman–Crippen MR) is 100 cm³/mol. The topological polar surface area (TPSA) is 52.6 Å². The highest BCUT2D eigenvalue weighted by atomic mass is 16.5. The molecular formula is C22H34O4. The molecule has 4 heteroatoms. The molecule has 146 valence electrons. The van der Waals surface area contributed by atoms with Gasteiger partial charge in [0, 0.05) is 18.8 Å². The van der Waals surface area contributed by atoms with E-state index in [-0.39, 0.29) is 29.2 Å². The van der Waals surface area contributed by atoms with Gasteiger partial charge >= 0.3 is 11.9 Å². The van der Waals surface area contributed by atoms with Crippen molar-refractivity contribution in [1.29, 1.82) is 0 Å². The quantitative estimate of drug-likeness (QED) is 0.533. The summed E-state index contributed by atoms with van der Waals surface area (Å²) in [5.74, 6) is 0.807. The Balaban J connectivity index is 1.82. The molecule has 4 nitrogen and oxygen atoms in total. The minimum Gasteiger partial charge on any atom is -0.465 e. The molecule has 0 aromatic heterocycles. The lowest BCUT2D eigenvalue weighted by Crippen LogP contribution is -2.43. The van der Waals surface area contributed by atoms with Gasteiger partial charge in [-0.2, -0.15) is 0 Å². The Labute approximate surface area is 157 Å². The molecule has 0 N–H and O–H groups in total. The molecule has 1 aliphatic heterocycles. The molecule has 3 fully saturated rings. The summed E-state index contributed by atoms with van der Waals surface area (Å²) in [6.45, 7) is 14.0. The van der Waals surface area contributed by atoms with Crippen LogP contribution in [0.1, 0.15) is 66.2 Å². The van der Waals surface area contributed by atoms with Gasteiger partial charge in [-0.3, -0.25) is 9.59 Å². The van der Waals surface area contributed by atoms with Crippen molar-refractivity contribution in [3.63, 3.8) is 0 Å². The van der Waals surface area contributed by atoms with Crippen LogP contribution in [-0.2, 0) is 19.1 Å². The van der Waals surface area contributed by atoms with Crippen LogP contribution in [0.15, 0.2) is 12.2 Å². The molecule has 3 aliphatic rings. The van der Waals surface area contributed by atoms with Gasteiger partial charge in [0.25, 0.3) is 0 Å². The summed E-state index contributed by atoms with van der Waals surface area (Å²) in [5.41, 5.74) is 1.81. The van der Waals surface area contributed by atoms with Gasteiger partial charge in [-0.25, -0.2) is 0 Å². The lowest BCUT2D eigenvalue weighted by molar-refractivity contribution is -0.142. The molecule has 5 atom stereocenters. The van der Waals surface area contributed by atoms with Gasteiger partial charge in [0.1, 0.15) is 0 Å². The maximum absolute atomic E-state index is 11.7. The number of esters is 2. The summed E-state index contributed by atoms with van der Waals surface area (Å²) in [5, 5.41) is 0. The van der Waals surface area contributed by atoms with Crippen LogP contribution >= 0.6 is 0 Å². The fourth-order valence-electron chi connectivity index (χ4n) is 6.38. The highest BCUT2D eigenvalue weighted by molar-refractivity contribution is 5.71. The number of hydrogen-bond donors (Lipinski definition) is 0. The maximum atomic E-state index is 11.7. The second kappa shape index (κ2) is 7.01. The predicted octanol–water partition coefficient (Wildman–Crippen LogP) is 4.53. The van der Waals surface area contributed by atoms with E-state index in [4.69, 9.17) is 9.47 Å². The molecule has 2 saturated carbocycles. The lowest BCUT2D eigenvalue weighted by atomic mass is 9.54. The summed E-state index contributed by atoms with van der Waals surface area (Å²) in [6, 6.07) is 0. The number of carbonyl (C=O) groups excluding carboxylic acids is 2. The smallest absolute Gasteiger partial charge is 0.306 e. The molecule has 0 aromatic carbocycles. The minimum atomic E-state index is -0.276. The van der Waals surface area contributed by atoms with Crippen LogP contribution < -0.4 is 0 Å². The van der Waals surface area contributed by atoms with E-state index in [9.17, 15) is 9.59 Å². The average Bonchev–Trinajstić information content (AvgIpc) is 3.11. The maximum Gasteiger partial charge on any atom is 0.306 e. The van der Waals surface area contributed by atoms with E-state index in [1.165, 1.54) is 38.2 Å². The Hall–Kier alpha value is -1.32. The number of rotatable bonds is 5. The molecule has 0 radical (unpaired) electrons.